The number of halogens is 3. The lowest BCUT2D eigenvalue weighted by Gasteiger charge is -2.19. The highest BCUT2D eigenvalue weighted by atomic mass is 19.4. The Hall–Kier alpha value is -1.80. The van der Waals surface area contributed by atoms with Crippen molar-refractivity contribution in [3.05, 3.63) is 35.9 Å². The second kappa shape index (κ2) is 11.3. The lowest BCUT2D eigenvalue weighted by atomic mass is 10.1. The quantitative estimate of drug-likeness (QED) is 0.494. The van der Waals surface area contributed by atoms with E-state index in [0.29, 0.717) is 51.3 Å². The molecule has 8 heteroatoms. The molecule has 158 valence electrons. The van der Waals surface area contributed by atoms with Gasteiger partial charge >= 0.3 is 6.18 Å². The second-order valence-electron chi connectivity index (χ2n) is 7.44. The Morgan fingerprint density at radius 3 is 2.71 bits per heavy atom. The highest BCUT2D eigenvalue weighted by molar-refractivity contribution is 5.79. The Labute approximate surface area is 165 Å². The van der Waals surface area contributed by atoms with Crippen LogP contribution in [0.5, 0.6) is 0 Å². The van der Waals surface area contributed by atoms with E-state index in [0.717, 1.165) is 12.0 Å². The van der Waals surface area contributed by atoms with Gasteiger partial charge in [-0.05, 0) is 30.4 Å². The summed E-state index contributed by atoms with van der Waals surface area (Å²) in [6, 6.07) is 10.0. The summed E-state index contributed by atoms with van der Waals surface area (Å²) in [4.78, 5) is 5.65. The molecule has 1 aromatic rings. The Morgan fingerprint density at radius 1 is 1.29 bits per heavy atom. The molecule has 0 amide bonds. The van der Waals surface area contributed by atoms with Crippen LogP contribution in [0, 0.1) is 11.8 Å². The summed E-state index contributed by atoms with van der Waals surface area (Å²) in [5.41, 5.74) is 1.15. The first-order chi connectivity index (χ1) is 13.4. The fourth-order valence-corrected chi connectivity index (χ4v) is 3.22. The third-order valence-electron chi connectivity index (χ3n) is 4.69. The van der Waals surface area contributed by atoms with Crippen molar-refractivity contribution in [3.63, 3.8) is 0 Å². The predicted octanol–water partition coefficient (Wildman–Crippen LogP) is 2.89. The number of hydrogen-bond acceptors (Lipinski definition) is 3. The van der Waals surface area contributed by atoms with Gasteiger partial charge in [-0.25, -0.2) is 0 Å². The van der Waals surface area contributed by atoms with Crippen LogP contribution in [0.2, 0.25) is 0 Å². The molecule has 1 aliphatic rings. The van der Waals surface area contributed by atoms with Crippen LogP contribution < -0.4 is 10.6 Å². The fraction of sp³-hybridized carbons (Fsp3) is 0.650. The van der Waals surface area contributed by atoms with E-state index in [1.807, 2.05) is 30.3 Å². The zero-order valence-corrected chi connectivity index (χ0v) is 16.6. The molecule has 0 radical (unpaired) electrons. The lowest BCUT2D eigenvalue weighted by Crippen LogP contribution is -2.42. The van der Waals surface area contributed by atoms with Gasteiger partial charge in [-0.2, -0.15) is 13.2 Å². The molecule has 0 spiro atoms. The number of rotatable bonds is 9. The third kappa shape index (κ3) is 8.93. The molecule has 0 saturated carbocycles. The van der Waals surface area contributed by atoms with Crippen LogP contribution >= 0.6 is 0 Å². The molecular formula is C20H31F3N4O. The van der Waals surface area contributed by atoms with E-state index in [9.17, 15) is 13.2 Å². The molecule has 0 bridgehead atoms. The first-order valence-corrected chi connectivity index (χ1v) is 9.71. The fourth-order valence-electron chi connectivity index (χ4n) is 3.22. The molecule has 0 aliphatic carbocycles. The molecule has 1 fully saturated rings. The van der Waals surface area contributed by atoms with Gasteiger partial charge in [0.1, 0.15) is 0 Å². The average molecular weight is 400 g/mol. The van der Waals surface area contributed by atoms with E-state index < -0.39 is 12.7 Å². The normalized spacial score (nSPS) is 19.6. The van der Waals surface area contributed by atoms with Crippen molar-refractivity contribution in [1.29, 1.82) is 0 Å². The van der Waals surface area contributed by atoms with E-state index in [4.69, 9.17) is 4.74 Å². The Morgan fingerprint density at radius 2 is 2.04 bits per heavy atom. The van der Waals surface area contributed by atoms with Gasteiger partial charge in [0.2, 0.25) is 0 Å². The number of alkyl halides is 3. The summed E-state index contributed by atoms with van der Waals surface area (Å²) < 4.78 is 43.1. The molecule has 2 rings (SSSR count). The maximum Gasteiger partial charge on any atom is 0.401 e. The maximum absolute atomic E-state index is 12.5. The van der Waals surface area contributed by atoms with E-state index in [2.05, 4.69) is 22.5 Å². The van der Waals surface area contributed by atoms with Crippen molar-refractivity contribution in [3.8, 4) is 0 Å². The van der Waals surface area contributed by atoms with E-state index >= 15 is 0 Å². The maximum atomic E-state index is 12.5. The minimum Gasteiger partial charge on any atom is -0.376 e. The number of aliphatic imine (C=N–C) groups is 1. The van der Waals surface area contributed by atoms with Crippen molar-refractivity contribution in [2.45, 2.75) is 26.1 Å². The van der Waals surface area contributed by atoms with E-state index in [1.165, 1.54) is 4.90 Å². The molecule has 1 aliphatic heterocycles. The van der Waals surface area contributed by atoms with Crippen LogP contribution in [0.1, 0.15) is 18.9 Å². The van der Waals surface area contributed by atoms with Gasteiger partial charge < -0.3 is 15.4 Å². The number of nitrogens with zero attached hydrogens (tertiary/aromatic N) is 2. The first-order valence-electron chi connectivity index (χ1n) is 9.71. The SMILES string of the molecule is CN=C(NCC(C)COCc1ccccc1)NCC1CCN(CC(F)(F)F)C1. The summed E-state index contributed by atoms with van der Waals surface area (Å²) in [6.45, 7) is 4.78. The van der Waals surface area contributed by atoms with Crippen LogP contribution in [0.4, 0.5) is 13.2 Å². The average Bonchev–Trinajstić information content (AvgIpc) is 3.08. The lowest BCUT2D eigenvalue weighted by molar-refractivity contribution is -0.143. The van der Waals surface area contributed by atoms with Gasteiger partial charge in [0.05, 0.1) is 19.8 Å². The highest BCUT2D eigenvalue weighted by Crippen LogP contribution is 2.22. The molecular weight excluding hydrogens is 369 g/mol. The van der Waals surface area contributed by atoms with Crippen LogP contribution in [0.25, 0.3) is 0 Å². The molecule has 2 atom stereocenters. The van der Waals surface area contributed by atoms with Crippen molar-refractivity contribution >= 4 is 5.96 Å². The van der Waals surface area contributed by atoms with Gasteiger partial charge in [-0.3, -0.25) is 9.89 Å². The van der Waals surface area contributed by atoms with Gasteiger partial charge in [0, 0.05) is 26.7 Å². The van der Waals surface area contributed by atoms with Crippen LogP contribution in [-0.4, -0.2) is 63.4 Å². The van der Waals surface area contributed by atoms with Gasteiger partial charge in [0.15, 0.2) is 5.96 Å². The van der Waals surface area contributed by atoms with Gasteiger partial charge in [-0.15, -0.1) is 0 Å². The molecule has 1 heterocycles. The molecule has 28 heavy (non-hydrogen) atoms. The van der Waals surface area contributed by atoms with Crippen LogP contribution in [0.15, 0.2) is 35.3 Å². The van der Waals surface area contributed by atoms with Gasteiger partial charge in [-0.1, -0.05) is 37.3 Å². The third-order valence-corrected chi connectivity index (χ3v) is 4.69. The van der Waals surface area contributed by atoms with Crippen molar-refractivity contribution in [2.75, 3.05) is 46.4 Å². The predicted molar refractivity (Wildman–Crippen MR) is 105 cm³/mol. The van der Waals surface area contributed by atoms with Crippen molar-refractivity contribution in [1.82, 2.24) is 15.5 Å². The summed E-state index contributed by atoms with van der Waals surface area (Å²) in [5.74, 6) is 1.17. The number of guanidine groups is 1. The zero-order chi connectivity index (χ0) is 20.4. The monoisotopic (exact) mass is 400 g/mol. The second-order valence-corrected chi connectivity index (χ2v) is 7.44. The number of hydrogen-bond donors (Lipinski definition) is 2. The molecule has 5 nitrogen and oxygen atoms in total. The number of nitrogens with one attached hydrogen (secondary N) is 2. The van der Waals surface area contributed by atoms with Crippen LogP contribution in [-0.2, 0) is 11.3 Å². The number of benzene rings is 1. The Kier molecular flexibility index (Phi) is 9.05. The summed E-state index contributed by atoms with van der Waals surface area (Å²) in [6.07, 6.45) is -3.36. The first kappa shape index (κ1) is 22.5. The molecule has 0 aromatic heterocycles. The zero-order valence-electron chi connectivity index (χ0n) is 16.6. The summed E-state index contributed by atoms with van der Waals surface area (Å²) in [5, 5.41) is 6.48. The molecule has 1 saturated heterocycles. The van der Waals surface area contributed by atoms with Crippen molar-refractivity contribution in [2.24, 2.45) is 16.8 Å². The smallest absolute Gasteiger partial charge is 0.376 e. The van der Waals surface area contributed by atoms with Crippen molar-refractivity contribution < 1.29 is 17.9 Å². The van der Waals surface area contributed by atoms with E-state index in [-0.39, 0.29) is 5.92 Å². The largest absolute Gasteiger partial charge is 0.401 e. The number of likely N-dealkylation sites (tertiary alicyclic amines) is 1. The minimum absolute atomic E-state index is 0.201. The van der Waals surface area contributed by atoms with Gasteiger partial charge in [0.25, 0.3) is 0 Å². The standard InChI is InChI=1S/C20H31F3N4O/c1-16(13-28-14-17-6-4-3-5-7-17)10-25-19(24-2)26-11-18-8-9-27(12-18)15-20(21,22)23/h3-7,16,18H,8-15H2,1-2H3,(H2,24,25,26). The molecule has 2 unspecified atom stereocenters. The van der Waals surface area contributed by atoms with Crippen LogP contribution in [0.3, 0.4) is 0 Å². The molecule has 1 aromatic carbocycles. The topological polar surface area (TPSA) is 48.9 Å². The highest BCUT2D eigenvalue weighted by Gasteiger charge is 2.34. The molecule has 2 N–H and O–H groups in total. The minimum atomic E-state index is -4.13. The Bertz CT molecular complexity index is 595. The number of ether oxygens (including phenoxy) is 1. The summed E-state index contributed by atoms with van der Waals surface area (Å²) >= 11 is 0. The summed E-state index contributed by atoms with van der Waals surface area (Å²) in [7, 11) is 1.69. The Balaban J connectivity index is 1.59. The van der Waals surface area contributed by atoms with E-state index in [1.54, 1.807) is 7.05 Å².